The van der Waals surface area contributed by atoms with E-state index in [0.717, 1.165) is 17.3 Å². The minimum absolute atomic E-state index is 0.0953. The molecule has 0 aliphatic carbocycles. The Morgan fingerprint density at radius 3 is 2.75 bits per heavy atom. The summed E-state index contributed by atoms with van der Waals surface area (Å²) in [5.41, 5.74) is 1.29. The summed E-state index contributed by atoms with van der Waals surface area (Å²) in [5.74, 6) is 0.0953. The lowest BCUT2D eigenvalue weighted by Crippen LogP contribution is -2.44. The van der Waals surface area contributed by atoms with E-state index >= 15 is 0 Å². The molecule has 1 aromatic heterocycles. The zero-order valence-electron chi connectivity index (χ0n) is 14.6. The van der Waals surface area contributed by atoms with Crippen LogP contribution < -0.4 is 4.90 Å². The fourth-order valence-electron chi connectivity index (χ4n) is 3.36. The molecule has 0 saturated carbocycles. The summed E-state index contributed by atoms with van der Waals surface area (Å²) in [5, 5.41) is 0.401. The van der Waals surface area contributed by atoms with Crippen LogP contribution in [0.25, 0.3) is 0 Å². The van der Waals surface area contributed by atoms with E-state index in [2.05, 4.69) is 24.6 Å². The number of carbonyl (C=O) groups excluding carboxylic acids is 1. The summed E-state index contributed by atoms with van der Waals surface area (Å²) in [6.07, 6.45) is 3.13. The molecule has 24 heavy (non-hydrogen) atoms. The Kier molecular flexibility index (Phi) is 5.02. The number of rotatable bonds is 5. The van der Waals surface area contributed by atoms with Gasteiger partial charge in [-0.3, -0.25) is 9.69 Å². The largest absolute Gasteiger partial charge is 0.381 e. The smallest absolute Gasteiger partial charge is 0.239 e. The maximum atomic E-state index is 13.2. The number of nitrogens with zero attached hydrogens (tertiary/aromatic N) is 2. The topological polar surface area (TPSA) is 51.7 Å². The number of fused-ring (bicyclic) bond motifs is 2. The maximum Gasteiger partial charge on any atom is 0.239 e. The first-order chi connectivity index (χ1) is 11.3. The third-order valence-electron chi connectivity index (χ3n) is 4.87. The molecule has 0 aromatic carbocycles. The predicted molar refractivity (Wildman–Crippen MR) is 97.4 cm³/mol. The van der Waals surface area contributed by atoms with Crippen LogP contribution in [0.5, 0.6) is 0 Å². The fourth-order valence-corrected chi connectivity index (χ4v) is 4.27. The molecule has 1 saturated heterocycles. The normalized spacial score (nSPS) is 19.8. The average Bonchev–Trinajstić information content (AvgIpc) is 2.73. The van der Waals surface area contributed by atoms with Crippen molar-refractivity contribution in [2.24, 2.45) is 0 Å². The van der Waals surface area contributed by atoms with E-state index < -0.39 is 13.5 Å². The number of amides is 1. The lowest BCUT2D eigenvalue weighted by molar-refractivity contribution is -0.127. The molecule has 3 heterocycles. The molecule has 2 aliphatic rings. The molecule has 1 amide bonds. The maximum absolute atomic E-state index is 13.2. The number of aromatic nitrogens is 1. The Bertz CT molecular complexity index is 627. The van der Waals surface area contributed by atoms with Crippen molar-refractivity contribution in [1.29, 1.82) is 0 Å². The van der Waals surface area contributed by atoms with Gasteiger partial charge in [0.15, 0.2) is 0 Å². The van der Waals surface area contributed by atoms with Crippen LogP contribution in [0.15, 0.2) is 12.3 Å². The molecule has 0 atom stereocenters. The van der Waals surface area contributed by atoms with Gasteiger partial charge in [-0.2, -0.15) is 0 Å². The van der Waals surface area contributed by atoms with Crippen molar-refractivity contribution in [2.45, 2.75) is 43.9 Å². The SMILES string of the molecule is C[Si](C)(C)CCOCN1C(=O)C2(CCOCC2)c2cnc(Cl)cc21. The minimum atomic E-state index is -1.15. The monoisotopic (exact) mass is 368 g/mol. The number of halogens is 1. The summed E-state index contributed by atoms with van der Waals surface area (Å²) in [6.45, 7) is 9.10. The van der Waals surface area contributed by atoms with E-state index in [1.165, 1.54) is 0 Å². The molecule has 0 N–H and O–H groups in total. The highest BCUT2D eigenvalue weighted by atomic mass is 35.5. The second kappa shape index (κ2) is 6.75. The zero-order chi connectivity index (χ0) is 17.4. The van der Waals surface area contributed by atoms with Gasteiger partial charge in [0, 0.05) is 39.7 Å². The highest BCUT2D eigenvalue weighted by Gasteiger charge is 2.51. The Morgan fingerprint density at radius 2 is 2.08 bits per heavy atom. The van der Waals surface area contributed by atoms with Crippen molar-refractivity contribution < 1.29 is 14.3 Å². The minimum Gasteiger partial charge on any atom is -0.381 e. The van der Waals surface area contributed by atoms with Gasteiger partial charge < -0.3 is 9.47 Å². The van der Waals surface area contributed by atoms with Gasteiger partial charge in [0.25, 0.3) is 0 Å². The van der Waals surface area contributed by atoms with Crippen molar-refractivity contribution in [3.8, 4) is 0 Å². The third kappa shape index (κ3) is 3.38. The Hall–Kier alpha value is -0.953. The molecule has 0 radical (unpaired) electrons. The number of pyridine rings is 1. The second-order valence-electron chi connectivity index (χ2n) is 7.80. The Labute approximate surface area is 149 Å². The lowest BCUT2D eigenvalue weighted by atomic mass is 9.76. The fraction of sp³-hybridized carbons (Fsp3) is 0.647. The molecule has 0 bridgehead atoms. The highest BCUT2D eigenvalue weighted by molar-refractivity contribution is 6.76. The van der Waals surface area contributed by atoms with Gasteiger partial charge >= 0.3 is 0 Å². The number of anilines is 1. The molecule has 5 nitrogen and oxygen atoms in total. The van der Waals surface area contributed by atoms with Gasteiger partial charge in [0.2, 0.25) is 5.91 Å². The van der Waals surface area contributed by atoms with E-state index in [1.807, 2.05) is 0 Å². The molecular formula is C17H25ClN2O3Si. The molecule has 2 aliphatic heterocycles. The summed E-state index contributed by atoms with van der Waals surface area (Å²) in [6, 6.07) is 2.86. The van der Waals surface area contributed by atoms with Crippen LogP contribution in [0.4, 0.5) is 5.69 Å². The summed E-state index contributed by atoms with van der Waals surface area (Å²) in [7, 11) is -1.15. The lowest BCUT2D eigenvalue weighted by Gasteiger charge is -2.32. The number of hydrogen-bond donors (Lipinski definition) is 0. The average molecular weight is 369 g/mol. The van der Waals surface area contributed by atoms with Crippen molar-refractivity contribution >= 4 is 31.3 Å². The highest BCUT2D eigenvalue weighted by Crippen LogP contribution is 2.47. The Morgan fingerprint density at radius 1 is 1.38 bits per heavy atom. The quantitative estimate of drug-likeness (QED) is 0.454. The molecule has 3 rings (SSSR count). The standard InChI is InChI=1S/C17H25ClN2O3Si/c1-24(2,3)9-8-23-12-20-14-10-15(18)19-11-13(14)17(16(20)21)4-6-22-7-5-17/h10-11H,4-9,12H2,1-3H3. The molecule has 1 aromatic rings. The molecule has 7 heteroatoms. The third-order valence-corrected chi connectivity index (χ3v) is 6.78. The van der Waals surface area contributed by atoms with Gasteiger partial charge in [-0.15, -0.1) is 0 Å². The summed E-state index contributed by atoms with van der Waals surface area (Å²) < 4.78 is 11.3. The molecular weight excluding hydrogens is 344 g/mol. The van der Waals surface area contributed by atoms with E-state index in [4.69, 9.17) is 21.1 Å². The molecule has 0 unspecified atom stereocenters. The van der Waals surface area contributed by atoms with Crippen LogP contribution in [-0.2, 0) is 19.7 Å². The van der Waals surface area contributed by atoms with Crippen molar-refractivity contribution in [3.05, 3.63) is 23.0 Å². The summed E-state index contributed by atoms with van der Waals surface area (Å²) in [4.78, 5) is 19.1. The van der Waals surface area contributed by atoms with E-state index in [1.54, 1.807) is 17.2 Å². The predicted octanol–water partition coefficient (Wildman–Crippen LogP) is 3.44. The van der Waals surface area contributed by atoms with Crippen LogP contribution in [0.1, 0.15) is 18.4 Å². The molecule has 1 spiro atoms. The van der Waals surface area contributed by atoms with Gasteiger partial charge in [0.05, 0.1) is 11.1 Å². The van der Waals surface area contributed by atoms with Gasteiger partial charge in [-0.05, 0) is 25.0 Å². The van der Waals surface area contributed by atoms with E-state index in [9.17, 15) is 4.79 Å². The van der Waals surface area contributed by atoms with E-state index in [-0.39, 0.29) is 12.6 Å². The first-order valence-electron chi connectivity index (χ1n) is 8.47. The van der Waals surface area contributed by atoms with E-state index in [0.29, 0.717) is 37.8 Å². The van der Waals surface area contributed by atoms with Gasteiger partial charge in [0.1, 0.15) is 11.9 Å². The number of ether oxygens (including phenoxy) is 2. The summed E-state index contributed by atoms with van der Waals surface area (Å²) >= 11 is 6.08. The van der Waals surface area contributed by atoms with Crippen molar-refractivity contribution in [1.82, 2.24) is 4.98 Å². The van der Waals surface area contributed by atoms with Gasteiger partial charge in [-0.25, -0.2) is 4.98 Å². The number of carbonyl (C=O) groups is 1. The van der Waals surface area contributed by atoms with Crippen LogP contribution >= 0.6 is 11.6 Å². The van der Waals surface area contributed by atoms with Crippen LogP contribution in [0.3, 0.4) is 0 Å². The second-order valence-corrected chi connectivity index (χ2v) is 13.8. The Balaban J connectivity index is 1.80. The molecule has 132 valence electrons. The van der Waals surface area contributed by atoms with Crippen molar-refractivity contribution in [3.63, 3.8) is 0 Å². The van der Waals surface area contributed by atoms with Crippen molar-refractivity contribution in [2.75, 3.05) is 31.5 Å². The van der Waals surface area contributed by atoms with Crippen LogP contribution in [0, 0.1) is 0 Å². The zero-order valence-corrected chi connectivity index (χ0v) is 16.4. The van der Waals surface area contributed by atoms with Crippen LogP contribution in [-0.4, -0.2) is 45.5 Å². The molecule has 1 fully saturated rings. The number of hydrogen-bond acceptors (Lipinski definition) is 4. The first-order valence-corrected chi connectivity index (χ1v) is 12.6. The first kappa shape index (κ1) is 17.9. The van der Waals surface area contributed by atoms with Gasteiger partial charge in [-0.1, -0.05) is 31.2 Å². The van der Waals surface area contributed by atoms with Crippen LogP contribution in [0.2, 0.25) is 30.8 Å².